The van der Waals surface area contributed by atoms with Crippen molar-refractivity contribution in [3.05, 3.63) is 82.0 Å². The maximum atomic E-state index is 10.8. The molecule has 1 aromatic heterocycles. The zero-order valence-electron chi connectivity index (χ0n) is 13.9. The minimum atomic E-state index is -0.446. The van der Waals surface area contributed by atoms with Crippen molar-refractivity contribution in [2.45, 2.75) is 18.9 Å². The third kappa shape index (κ3) is 4.32. The molecule has 0 saturated heterocycles. The van der Waals surface area contributed by atoms with E-state index in [1.165, 1.54) is 12.1 Å². The third-order valence-corrected chi connectivity index (χ3v) is 4.01. The average molecular weight is 351 g/mol. The Morgan fingerprint density at radius 3 is 2.50 bits per heavy atom. The van der Waals surface area contributed by atoms with Gasteiger partial charge >= 0.3 is 0 Å². The molecular formula is C19H17N3O4. The summed E-state index contributed by atoms with van der Waals surface area (Å²) in [6.07, 6.45) is 0.532. The van der Waals surface area contributed by atoms with Gasteiger partial charge in [0.2, 0.25) is 0 Å². The Labute approximate surface area is 149 Å². The van der Waals surface area contributed by atoms with Crippen LogP contribution in [0.2, 0.25) is 0 Å². The number of carbonyl (C=O) groups is 1. The van der Waals surface area contributed by atoms with E-state index < -0.39 is 11.0 Å². The van der Waals surface area contributed by atoms with E-state index in [0.717, 1.165) is 22.5 Å². The number of nitrogens with one attached hydrogen (secondary N) is 1. The molecule has 0 spiro atoms. The van der Waals surface area contributed by atoms with Crippen LogP contribution in [0.25, 0.3) is 11.3 Å². The molecule has 26 heavy (non-hydrogen) atoms. The van der Waals surface area contributed by atoms with Gasteiger partial charge < -0.3 is 4.74 Å². The van der Waals surface area contributed by atoms with Gasteiger partial charge in [0.05, 0.1) is 10.6 Å². The summed E-state index contributed by atoms with van der Waals surface area (Å²) in [5.74, 6) is 0. The second-order valence-electron chi connectivity index (χ2n) is 5.83. The van der Waals surface area contributed by atoms with Crippen molar-refractivity contribution >= 4 is 12.2 Å². The molecule has 7 nitrogen and oxygen atoms in total. The number of non-ortho nitro benzene ring substituents is 1. The van der Waals surface area contributed by atoms with Crippen LogP contribution in [0.3, 0.4) is 0 Å². The van der Waals surface area contributed by atoms with Crippen LogP contribution in [0.15, 0.2) is 60.7 Å². The first-order valence-electron chi connectivity index (χ1n) is 8.08. The monoisotopic (exact) mass is 351 g/mol. The Morgan fingerprint density at radius 1 is 1.12 bits per heavy atom. The van der Waals surface area contributed by atoms with Crippen molar-refractivity contribution in [1.82, 2.24) is 10.2 Å². The summed E-state index contributed by atoms with van der Waals surface area (Å²) in [5.41, 5.74) is 3.55. The lowest BCUT2D eigenvalue weighted by Gasteiger charge is -2.14. The highest BCUT2D eigenvalue weighted by atomic mass is 16.6. The van der Waals surface area contributed by atoms with Crippen molar-refractivity contribution in [2.24, 2.45) is 0 Å². The number of rotatable bonds is 8. The molecule has 0 aliphatic rings. The van der Waals surface area contributed by atoms with Crippen LogP contribution in [0.1, 0.15) is 11.3 Å². The SMILES string of the molecule is O=COC(Cc1ccc([N+](=O)[O-])cc1)Cc1cc(-c2ccccc2)n[nH]1. The molecular weight excluding hydrogens is 334 g/mol. The van der Waals surface area contributed by atoms with E-state index in [4.69, 9.17) is 4.74 Å². The minimum Gasteiger partial charge on any atom is -0.464 e. The first kappa shape index (κ1) is 17.3. The lowest BCUT2D eigenvalue weighted by Crippen LogP contribution is -2.19. The molecule has 2 aromatic carbocycles. The van der Waals surface area contributed by atoms with Crippen LogP contribution in [0, 0.1) is 10.1 Å². The van der Waals surface area contributed by atoms with Gasteiger partial charge in [-0.05, 0) is 11.6 Å². The Hall–Kier alpha value is -3.48. The lowest BCUT2D eigenvalue weighted by molar-refractivity contribution is -0.384. The number of H-pyrrole nitrogens is 1. The Balaban J connectivity index is 1.69. The van der Waals surface area contributed by atoms with Crippen LogP contribution in [-0.2, 0) is 22.4 Å². The van der Waals surface area contributed by atoms with Crippen LogP contribution < -0.4 is 0 Å². The Kier molecular flexibility index (Phi) is 5.38. The van der Waals surface area contributed by atoms with Crippen LogP contribution in [0.5, 0.6) is 0 Å². The lowest BCUT2D eigenvalue weighted by atomic mass is 10.0. The van der Waals surface area contributed by atoms with Crippen molar-refractivity contribution in [3.8, 4) is 11.3 Å². The summed E-state index contributed by atoms with van der Waals surface area (Å²) in [4.78, 5) is 21.1. The fourth-order valence-electron chi connectivity index (χ4n) is 2.73. The second kappa shape index (κ2) is 8.06. The molecule has 0 fully saturated rings. The quantitative estimate of drug-likeness (QED) is 0.381. The van der Waals surface area contributed by atoms with Crippen molar-refractivity contribution < 1.29 is 14.5 Å². The van der Waals surface area contributed by atoms with Gasteiger partial charge in [-0.2, -0.15) is 5.10 Å². The topological polar surface area (TPSA) is 98.1 Å². The summed E-state index contributed by atoms with van der Waals surface area (Å²) < 4.78 is 5.18. The van der Waals surface area contributed by atoms with Gasteiger partial charge in [0.25, 0.3) is 12.2 Å². The molecule has 0 amide bonds. The molecule has 0 aliphatic heterocycles. The second-order valence-corrected chi connectivity index (χ2v) is 5.83. The number of aromatic nitrogens is 2. The van der Waals surface area contributed by atoms with E-state index in [2.05, 4.69) is 10.2 Å². The van der Waals surface area contributed by atoms with E-state index in [0.29, 0.717) is 19.3 Å². The van der Waals surface area contributed by atoms with E-state index in [-0.39, 0.29) is 5.69 Å². The maximum Gasteiger partial charge on any atom is 0.293 e. The molecule has 0 bridgehead atoms. The smallest absolute Gasteiger partial charge is 0.293 e. The molecule has 132 valence electrons. The highest BCUT2D eigenvalue weighted by Crippen LogP contribution is 2.19. The Morgan fingerprint density at radius 2 is 1.85 bits per heavy atom. The van der Waals surface area contributed by atoms with E-state index in [9.17, 15) is 14.9 Å². The van der Waals surface area contributed by atoms with Crippen molar-refractivity contribution in [3.63, 3.8) is 0 Å². The number of nitrogens with zero attached hydrogens (tertiary/aromatic N) is 2. The van der Waals surface area contributed by atoms with E-state index in [1.54, 1.807) is 12.1 Å². The summed E-state index contributed by atoms with van der Waals surface area (Å²) in [6, 6.07) is 17.9. The first-order valence-corrected chi connectivity index (χ1v) is 8.08. The first-order chi connectivity index (χ1) is 12.7. The van der Waals surface area contributed by atoms with Gasteiger partial charge in [-0.25, -0.2) is 0 Å². The number of benzene rings is 2. The number of nitro benzene ring substituents is 1. The molecule has 0 aliphatic carbocycles. The van der Waals surface area contributed by atoms with E-state index in [1.807, 2.05) is 36.4 Å². The molecule has 7 heteroatoms. The van der Waals surface area contributed by atoms with Crippen LogP contribution in [-0.4, -0.2) is 27.7 Å². The number of hydrogen-bond acceptors (Lipinski definition) is 5. The van der Waals surface area contributed by atoms with Gasteiger partial charge in [-0.1, -0.05) is 42.5 Å². The zero-order valence-corrected chi connectivity index (χ0v) is 13.9. The van der Waals surface area contributed by atoms with Crippen molar-refractivity contribution in [1.29, 1.82) is 0 Å². The number of carbonyl (C=O) groups excluding carboxylic acids is 1. The van der Waals surface area contributed by atoms with Gasteiger partial charge in [0, 0.05) is 36.2 Å². The zero-order chi connectivity index (χ0) is 18.4. The highest BCUT2D eigenvalue weighted by Gasteiger charge is 2.15. The molecule has 0 saturated carbocycles. The molecule has 0 radical (unpaired) electrons. The average Bonchev–Trinajstić information content (AvgIpc) is 3.11. The molecule has 1 N–H and O–H groups in total. The van der Waals surface area contributed by atoms with Gasteiger partial charge in [0.1, 0.15) is 6.10 Å². The Bertz CT molecular complexity index is 875. The van der Waals surface area contributed by atoms with Crippen molar-refractivity contribution in [2.75, 3.05) is 0 Å². The largest absolute Gasteiger partial charge is 0.464 e. The number of aromatic amines is 1. The summed E-state index contributed by atoms with van der Waals surface area (Å²) >= 11 is 0. The number of ether oxygens (including phenoxy) is 1. The summed E-state index contributed by atoms with van der Waals surface area (Å²) in [5, 5.41) is 18.0. The number of nitro groups is 1. The summed E-state index contributed by atoms with van der Waals surface area (Å²) in [7, 11) is 0. The fourth-order valence-corrected chi connectivity index (χ4v) is 2.73. The fraction of sp³-hybridized carbons (Fsp3) is 0.158. The molecule has 1 atom stereocenters. The van der Waals surface area contributed by atoms with Gasteiger partial charge in [-0.3, -0.25) is 20.0 Å². The molecule has 3 aromatic rings. The predicted octanol–water partition coefficient (Wildman–Crippen LogP) is 3.31. The minimum absolute atomic E-state index is 0.0303. The van der Waals surface area contributed by atoms with Crippen LogP contribution in [0.4, 0.5) is 5.69 Å². The van der Waals surface area contributed by atoms with Crippen LogP contribution >= 0.6 is 0 Å². The number of hydrogen-bond donors (Lipinski definition) is 1. The summed E-state index contributed by atoms with van der Waals surface area (Å²) in [6.45, 7) is 0.421. The molecule has 1 heterocycles. The maximum absolute atomic E-state index is 10.8. The molecule has 1 unspecified atom stereocenters. The normalized spacial score (nSPS) is 11.7. The highest BCUT2D eigenvalue weighted by molar-refractivity contribution is 5.58. The van der Waals surface area contributed by atoms with Gasteiger partial charge in [0.15, 0.2) is 0 Å². The predicted molar refractivity (Wildman–Crippen MR) is 95.5 cm³/mol. The standard InChI is InChI=1S/C19H17N3O4/c23-13-26-18(10-14-6-8-17(9-7-14)22(24)25)11-16-12-19(21-20-16)15-4-2-1-3-5-15/h1-9,12-13,18H,10-11H2,(H,20,21). The molecule has 3 rings (SSSR count). The van der Waals surface area contributed by atoms with Gasteiger partial charge in [-0.15, -0.1) is 0 Å². The third-order valence-electron chi connectivity index (χ3n) is 4.01. The van der Waals surface area contributed by atoms with E-state index >= 15 is 0 Å².